The first-order chi connectivity index (χ1) is 18.5. The monoisotopic (exact) mass is 565 g/mol. The van der Waals surface area contributed by atoms with Crippen LogP contribution in [0.25, 0.3) is 0 Å². The van der Waals surface area contributed by atoms with Crippen molar-refractivity contribution in [3.63, 3.8) is 0 Å². The Labute approximate surface area is 236 Å². The molecule has 0 spiro atoms. The van der Waals surface area contributed by atoms with Crippen LogP contribution in [-0.2, 0) is 16.0 Å². The number of carbonyl (C=O) groups excluding carboxylic acids is 3. The summed E-state index contributed by atoms with van der Waals surface area (Å²) in [5.41, 5.74) is 3.11. The summed E-state index contributed by atoms with van der Waals surface area (Å²) in [7, 11) is 0. The lowest BCUT2D eigenvalue weighted by Crippen LogP contribution is -2.59. The van der Waals surface area contributed by atoms with Crippen molar-refractivity contribution in [2.24, 2.45) is 0 Å². The largest absolute Gasteiger partial charge is 0.444 e. The smallest absolute Gasteiger partial charge is 0.408 e. The van der Waals surface area contributed by atoms with Gasteiger partial charge in [0.1, 0.15) is 11.6 Å². The average molecular weight is 566 g/mol. The van der Waals surface area contributed by atoms with Crippen molar-refractivity contribution < 1.29 is 24.3 Å². The van der Waals surface area contributed by atoms with Crippen molar-refractivity contribution in [2.45, 2.75) is 103 Å². The molecule has 2 aliphatic rings. The third-order valence-corrected chi connectivity index (χ3v) is 7.45. The molecule has 2 fully saturated rings. The fourth-order valence-electron chi connectivity index (χ4n) is 5.24. The number of amides is 4. The molecule has 11 heteroatoms. The molecule has 10 nitrogen and oxygen atoms in total. The van der Waals surface area contributed by atoms with Gasteiger partial charge in [0.15, 0.2) is 0 Å². The van der Waals surface area contributed by atoms with E-state index in [9.17, 15) is 19.6 Å². The van der Waals surface area contributed by atoms with Gasteiger partial charge in [0, 0.05) is 43.2 Å². The highest BCUT2D eigenvalue weighted by molar-refractivity contribution is 6.30. The molecule has 0 bridgehead atoms. The Balaban J connectivity index is 1.64. The van der Waals surface area contributed by atoms with Crippen molar-refractivity contribution in [3.05, 3.63) is 34.9 Å². The van der Waals surface area contributed by atoms with Crippen LogP contribution < -0.4 is 10.7 Å². The lowest BCUT2D eigenvalue weighted by atomic mass is 9.91. The number of nitrogens with zero attached hydrogens (tertiary/aromatic N) is 3. The number of hydroxylamine groups is 2. The molecule has 1 saturated heterocycles. The normalized spacial score (nSPS) is 18.2. The van der Waals surface area contributed by atoms with Gasteiger partial charge in [-0.25, -0.2) is 19.7 Å². The van der Waals surface area contributed by atoms with E-state index in [4.69, 9.17) is 16.3 Å². The first kappa shape index (κ1) is 31.0. The summed E-state index contributed by atoms with van der Waals surface area (Å²) in [6.45, 7) is 8.38. The second-order valence-corrected chi connectivity index (χ2v) is 11.9. The molecule has 4 amide bonds. The Bertz CT molecular complexity index is 956. The van der Waals surface area contributed by atoms with E-state index < -0.39 is 17.7 Å². The minimum Gasteiger partial charge on any atom is -0.444 e. The lowest BCUT2D eigenvalue weighted by molar-refractivity contribution is -0.129. The second kappa shape index (κ2) is 14.2. The van der Waals surface area contributed by atoms with Crippen LogP contribution in [0.1, 0.15) is 78.2 Å². The van der Waals surface area contributed by atoms with Crippen LogP contribution in [0.4, 0.5) is 9.59 Å². The summed E-state index contributed by atoms with van der Waals surface area (Å²) in [4.78, 5) is 40.8. The van der Waals surface area contributed by atoms with Crippen LogP contribution in [0.3, 0.4) is 0 Å². The van der Waals surface area contributed by atoms with Gasteiger partial charge in [-0.3, -0.25) is 15.4 Å². The van der Waals surface area contributed by atoms with Gasteiger partial charge in [-0.2, -0.15) is 0 Å². The molecule has 39 heavy (non-hydrogen) atoms. The molecule has 1 heterocycles. The molecule has 1 aromatic carbocycles. The highest BCUT2D eigenvalue weighted by Gasteiger charge is 2.36. The quantitative estimate of drug-likeness (QED) is 0.310. The van der Waals surface area contributed by atoms with Crippen LogP contribution in [0.15, 0.2) is 24.3 Å². The number of hydrogen-bond donors (Lipinski definition) is 3. The molecule has 0 radical (unpaired) electrons. The predicted molar refractivity (Wildman–Crippen MR) is 149 cm³/mol. The fraction of sp³-hybridized carbons (Fsp3) is 0.679. The summed E-state index contributed by atoms with van der Waals surface area (Å²) < 4.78 is 5.39. The average Bonchev–Trinajstić information content (AvgIpc) is 2.89. The number of rotatable bonds is 8. The van der Waals surface area contributed by atoms with Crippen LogP contribution in [0, 0.1) is 0 Å². The summed E-state index contributed by atoms with van der Waals surface area (Å²) in [6, 6.07) is 6.05. The third kappa shape index (κ3) is 9.54. The van der Waals surface area contributed by atoms with Crippen molar-refractivity contribution in [3.8, 4) is 0 Å². The predicted octanol–water partition coefficient (Wildman–Crippen LogP) is 4.74. The van der Waals surface area contributed by atoms with Crippen molar-refractivity contribution in [1.82, 2.24) is 25.7 Å². The molecule has 0 aromatic heterocycles. The number of piperidine rings is 1. The van der Waals surface area contributed by atoms with E-state index >= 15 is 0 Å². The number of urea groups is 1. The maximum atomic E-state index is 13.3. The Morgan fingerprint density at radius 1 is 1.05 bits per heavy atom. The molecule has 1 atom stereocenters. The Hall–Kier alpha value is -2.56. The van der Waals surface area contributed by atoms with E-state index in [0.29, 0.717) is 31.0 Å². The van der Waals surface area contributed by atoms with E-state index in [1.165, 1.54) is 6.42 Å². The number of ether oxygens (including phenoxy) is 1. The minimum absolute atomic E-state index is 0.0142. The topological polar surface area (TPSA) is 114 Å². The maximum Gasteiger partial charge on any atom is 0.408 e. The fourth-order valence-corrected chi connectivity index (χ4v) is 5.37. The second-order valence-electron chi connectivity index (χ2n) is 11.4. The third-order valence-electron chi connectivity index (χ3n) is 7.20. The Morgan fingerprint density at radius 3 is 2.21 bits per heavy atom. The zero-order valence-corrected chi connectivity index (χ0v) is 24.4. The highest BCUT2D eigenvalue weighted by atomic mass is 35.5. The molecule has 0 unspecified atom stereocenters. The molecule has 1 aromatic rings. The number of hydrogen-bond acceptors (Lipinski definition) is 6. The summed E-state index contributed by atoms with van der Waals surface area (Å²) >= 11 is 6.01. The number of alkyl carbamates (subject to hydrolysis) is 1. The zero-order chi connectivity index (χ0) is 28.6. The van der Waals surface area contributed by atoms with Crippen LogP contribution in [0.5, 0.6) is 0 Å². The summed E-state index contributed by atoms with van der Waals surface area (Å²) in [6.07, 6.45) is 6.18. The van der Waals surface area contributed by atoms with E-state index in [1.807, 2.05) is 22.0 Å². The maximum absolute atomic E-state index is 13.3. The number of carbonyl (C=O) groups is 3. The molecule has 218 valence electrons. The molecular formula is C28H44ClN5O5. The molecule has 3 N–H and O–H groups in total. The SMILES string of the molecule is CCN(O)C(=O)N(C1CCCCC1)C1CCN(NC(=O)[C@@H](Cc2ccc(Cl)cc2)NC(=O)OC(C)(C)C)CC1. The van der Waals surface area contributed by atoms with Crippen LogP contribution >= 0.6 is 11.6 Å². The minimum atomic E-state index is -0.855. The molecule has 1 aliphatic carbocycles. The Morgan fingerprint density at radius 2 is 1.64 bits per heavy atom. The highest BCUT2D eigenvalue weighted by Crippen LogP contribution is 2.28. The van der Waals surface area contributed by atoms with E-state index in [1.54, 1.807) is 39.8 Å². The zero-order valence-electron chi connectivity index (χ0n) is 23.6. The van der Waals surface area contributed by atoms with Crippen molar-refractivity contribution >= 4 is 29.6 Å². The van der Waals surface area contributed by atoms with Crippen molar-refractivity contribution in [2.75, 3.05) is 19.6 Å². The van der Waals surface area contributed by atoms with Gasteiger partial charge in [0.05, 0.1) is 0 Å². The molecular weight excluding hydrogens is 522 g/mol. The summed E-state index contributed by atoms with van der Waals surface area (Å²) in [5.74, 6) is -0.345. The van der Waals surface area contributed by atoms with Gasteiger partial charge in [0.2, 0.25) is 0 Å². The van der Waals surface area contributed by atoms with Gasteiger partial charge in [-0.1, -0.05) is 43.0 Å². The molecule has 3 rings (SSSR count). The lowest BCUT2D eigenvalue weighted by Gasteiger charge is -2.44. The summed E-state index contributed by atoms with van der Waals surface area (Å²) in [5, 5.41) is 16.1. The number of hydrazine groups is 1. The van der Waals surface area contributed by atoms with Crippen LogP contribution in [0.2, 0.25) is 5.02 Å². The van der Waals surface area contributed by atoms with Gasteiger partial charge >= 0.3 is 12.1 Å². The molecule has 1 aliphatic heterocycles. The van der Waals surface area contributed by atoms with Gasteiger partial charge < -0.3 is 15.0 Å². The van der Waals surface area contributed by atoms with Gasteiger partial charge in [0.25, 0.3) is 5.91 Å². The number of halogens is 1. The first-order valence-electron chi connectivity index (χ1n) is 14.0. The van der Waals surface area contributed by atoms with E-state index in [-0.39, 0.29) is 37.0 Å². The van der Waals surface area contributed by atoms with Gasteiger partial charge in [-0.05, 0) is 71.1 Å². The first-order valence-corrected chi connectivity index (χ1v) is 14.4. The van der Waals surface area contributed by atoms with E-state index in [0.717, 1.165) is 36.3 Å². The number of benzene rings is 1. The Kier molecular flexibility index (Phi) is 11.3. The van der Waals surface area contributed by atoms with Gasteiger partial charge in [-0.15, -0.1) is 0 Å². The standard InChI is InChI=1S/C28H44ClN5O5/c1-5-33(38)27(37)34(22-9-7-6-8-10-22)23-15-17-32(18-16-23)31-25(35)24(30-26(36)39-28(2,3)4)19-20-11-13-21(29)14-12-20/h11-14,22-24,38H,5-10,15-19H2,1-4H3,(H,30,36)(H,31,35)/t24-/m1/s1. The number of nitrogens with one attached hydrogen (secondary N) is 2. The van der Waals surface area contributed by atoms with Crippen LogP contribution in [-0.4, -0.2) is 81.6 Å². The molecule has 1 saturated carbocycles. The van der Waals surface area contributed by atoms with Crippen molar-refractivity contribution in [1.29, 1.82) is 0 Å². The van der Waals surface area contributed by atoms with E-state index in [2.05, 4.69) is 10.7 Å².